The molecule has 0 saturated heterocycles. The highest BCUT2D eigenvalue weighted by atomic mass is 32.1. The highest BCUT2D eigenvalue weighted by molar-refractivity contribution is 7.12. The topological polar surface area (TPSA) is 72.5 Å². The predicted octanol–water partition coefficient (Wildman–Crippen LogP) is 3.98. The third-order valence-electron chi connectivity index (χ3n) is 7.10. The summed E-state index contributed by atoms with van der Waals surface area (Å²) in [5.41, 5.74) is 0.238. The number of nitrogens with one attached hydrogen (secondary N) is 1. The molecule has 0 aliphatic heterocycles. The molecular formula is C22H29NO4S. The number of thiophene rings is 1. The van der Waals surface area contributed by atoms with E-state index >= 15 is 0 Å². The predicted molar refractivity (Wildman–Crippen MR) is 107 cm³/mol. The van der Waals surface area contributed by atoms with Crippen LogP contribution in [-0.2, 0) is 14.3 Å². The molecule has 4 saturated carbocycles. The smallest absolute Gasteiger partial charge is 0.306 e. The van der Waals surface area contributed by atoms with Gasteiger partial charge in [0.05, 0.1) is 11.3 Å². The van der Waals surface area contributed by atoms with Crippen molar-refractivity contribution in [2.45, 2.75) is 64.3 Å². The van der Waals surface area contributed by atoms with E-state index in [-0.39, 0.29) is 42.6 Å². The lowest BCUT2D eigenvalue weighted by molar-refractivity contribution is -0.149. The van der Waals surface area contributed by atoms with Gasteiger partial charge >= 0.3 is 5.97 Å². The maximum absolute atomic E-state index is 12.3. The van der Waals surface area contributed by atoms with Crippen LogP contribution in [0.15, 0.2) is 17.5 Å². The minimum atomic E-state index is -0.498. The van der Waals surface area contributed by atoms with Crippen LogP contribution in [0.2, 0.25) is 0 Å². The van der Waals surface area contributed by atoms with Crippen LogP contribution in [0.3, 0.4) is 0 Å². The van der Waals surface area contributed by atoms with Gasteiger partial charge in [0.2, 0.25) is 0 Å². The van der Waals surface area contributed by atoms with Crippen molar-refractivity contribution in [2.24, 2.45) is 23.2 Å². The van der Waals surface area contributed by atoms with Crippen LogP contribution in [0, 0.1) is 23.2 Å². The number of amides is 1. The van der Waals surface area contributed by atoms with E-state index in [1.807, 2.05) is 11.4 Å². The SMILES string of the molecule is C[C@@H](NC(=O)COC(=O)CCC(=O)c1cccs1)C12CC3CC(CC(C3)C1)C2. The first-order valence-electron chi connectivity index (χ1n) is 10.5. The molecule has 28 heavy (non-hydrogen) atoms. The van der Waals surface area contributed by atoms with E-state index in [9.17, 15) is 14.4 Å². The molecule has 1 atom stereocenters. The number of esters is 1. The van der Waals surface area contributed by atoms with Crippen molar-refractivity contribution in [3.8, 4) is 0 Å². The van der Waals surface area contributed by atoms with Crippen LogP contribution in [0.5, 0.6) is 0 Å². The Morgan fingerprint density at radius 2 is 1.79 bits per heavy atom. The van der Waals surface area contributed by atoms with Gasteiger partial charge in [0.1, 0.15) is 0 Å². The molecule has 4 aliphatic carbocycles. The van der Waals surface area contributed by atoms with Crippen LogP contribution in [0.4, 0.5) is 0 Å². The normalized spacial score (nSPS) is 31.4. The zero-order chi connectivity index (χ0) is 19.7. The molecule has 0 spiro atoms. The first-order valence-corrected chi connectivity index (χ1v) is 11.3. The Bertz CT molecular complexity index is 706. The van der Waals surface area contributed by atoms with Crippen molar-refractivity contribution >= 4 is 29.0 Å². The third kappa shape index (κ3) is 4.17. The molecule has 5 rings (SSSR count). The lowest BCUT2D eigenvalue weighted by Crippen LogP contribution is -2.56. The minimum Gasteiger partial charge on any atom is -0.456 e. The Balaban J connectivity index is 1.20. The van der Waals surface area contributed by atoms with E-state index in [1.165, 1.54) is 49.9 Å². The van der Waals surface area contributed by atoms with Crippen molar-refractivity contribution in [1.29, 1.82) is 0 Å². The Morgan fingerprint density at radius 3 is 2.36 bits per heavy atom. The van der Waals surface area contributed by atoms with Crippen molar-refractivity contribution < 1.29 is 19.1 Å². The number of ketones is 1. The summed E-state index contributed by atoms with van der Waals surface area (Å²) >= 11 is 1.37. The van der Waals surface area contributed by atoms with Crippen LogP contribution in [0.25, 0.3) is 0 Å². The highest BCUT2D eigenvalue weighted by Crippen LogP contribution is 2.61. The summed E-state index contributed by atoms with van der Waals surface area (Å²) in [5.74, 6) is 1.72. The Hall–Kier alpha value is -1.69. The maximum atomic E-state index is 12.3. The number of carbonyl (C=O) groups is 3. The number of rotatable bonds is 8. The van der Waals surface area contributed by atoms with Crippen LogP contribution in [-0.4, -0.2) is 30.3 Å². The van der Waals surface area contributed by atoms with Crippen molar-refractivity contribution in [2.75, 3.05) is 6.61 Å². The lowest BCUT2D eigenvalue weighted by atomic mass is 9.48. The van der Waals surface area contributed by atoms with Gasteiger partial charge in [0.25, 0.3) is 5.91 Å². The first kappa shape index (κ1) is 19.6. The van der Waals surface area contributed by atoms with E-state index in [1.54, 1.807) is 6.07 Å². The van der Waals surface area contributed by atoms with Crippen molar-refractivity contribution in [3.05, 3.63) is 22.4 Å². The largest absolute Gasteiger partial charge is 0.456 e. The molecule has 6 heteroatoms. The molecule has 4 bridgehead atoms. The van der Waals surface area contributed by atoms with Crippen LogP contribution >= 0.6 is 11.3 Å². The number of hydrogen-bond acceptors (Lipinski definition) is 5. The molecule has 1 aromatic rings. The summed E-state index contributed by atoms with van der Waals surface area (Å²) in [7, 11) is 0. The van der Waals surface area contributed by atoms with Gasteiger partial charge in [-0.05, 0) is 80.1 Å². The summed E-state index contributed by atoms with van der Waals surface area (Å²) in [6.45, 7) is 1.86. The van der Waals surface area contributed by atoms with Gasteiger partial charge in [-0.15, -0.1) is 11.3 Å². The molecular weight excluding hydrogens is 374 g/mol. The van der Waals surface area contributed by atoms with Crippen LogP contribution in [0.1, 0.15) is 68.0 Å². The molecule has 4 aliphatic rings. The highest BCUT2D eigenvalue weighted by Gasteiger charge is 2.53. The zero-order valence-electron chi connectivity index (χ0n) is 16.4. The van der Waals surface area contributed by atoms with E-state index in [0.29, 0.717) is 4.88 Å². The summed E-state index contributed by atoms with van der Waals surface area (Å²) in [4.78, 5) is 36.8. The fourth-order valence-corrected chi connectivity index (χ4v) is 6.83. The minimum absolute atomic E-state index is 0.00848. The second kappa shape index (κ2) is 7.97. The Morgan fingerprint density at radius 1 is 1.14 bits per heavy atom. The molecule has 0 unspecified atom stereocenters. The van der Waals surface area contributed by atoms with E-state index in [4.69, 9.17) is 4.74 Å². The lowest BCUT2D eigenvalue weighted by Gasteiger charge is -2.59. The van der Waals surface area contributed by atoms with E-state index in [0.717, 1.165) is 17.8 Å². The number of Topliss-reactive ketones (excluding diaryl/α,β-unsaturated/α-hetero) is 1. The second-order valence-electron chi connectivity index (χ2n) is 9.13. The van der Waals surface area contributed by atoms with Crippen molar-refractivity contribution in [3.63, 3.8) is 0 Å². The Labute approximate surface area is 170 Å². The first-order chi connectivity index (χ1) is 13.4. The summed E-state index contributed by atoms with van der Waals surface area (Å²) in [6.07, 6.45) is 7.94. The second-order valence-corrected chi connectivity index (χ2v) is 10.1. The fourth-order valence-electron chi connectivity index (χ4n) is 6.14. The maximum Gasteiger partial charge on any atom is 0.306 e. The summed E-state index contributed by atoms with van der Waals surface area (Å²) < 4.78 is 5.09. The molecule has 1 N–H and O–H groups in total. The number of carbonyl (C=O) groups excluding carboxylic acids is 3. The monoisotopic (exact) mass is 403 g/mol. The molecule has 152 valence electrons. The summed E-state index contributed by atoms with van der Waals surface area (Å²) in [5, 5.41) is 4.93. The average Bonchev–Trinajstić information content (AvgIpc) is 3.18. The van der Waals surface area contributed by atoms with E-state index in [2.05, 4.69) is 12.2 Å². The van der Waals surface area contributed by atoms with E-state index < -0.39 is 5.97 Å². The van der Waals surface area contributed by atoms with Gasteiger partial charge in [0.15, 0.2) is 12.4 Å². The fraction of sp³-hybridized carbons (Fsp3) is 0.682. The zero-order valence-corrected chi connectivity index (χ0v) is 17.3. The molecule has 5 nitrogen and oxygen atoms in total. The molecule has 1 aromatic heterocycles. The Kier molecular flexibility index (Phi) is 5.59. The van der Waals surface area contributed by atoms with Gasteiger partial charge in [-0.2, -0.15) is 0 Å². The van der Waals surface area contributed by atoms with Gasteiger partial charge in [0, 0.05) is 12.5 Å². The quantitative estimate of drug-likeness (QED) is 0.526. The number of hydrogen-bond donors (Lipinski definition) is 1. The van der Waals surface area contributed by atoms with Gasteiger partial charge in [-0.25, -0.2) is 0 Å². The van der Waals surface area contributed by atoms with Crippen LogP contribution < -0.4 is 5.32 Å². The third-order valence-corrected chi connectivity index (χ3v) is 8.01. The van der Waals surface area contributed by atoms with Gasteiger partial charge in [-0.1, -0.05) is 6.07 Å². The standard InChI is InChI=1S/C22H29NO4S/c1-14(22-10-15-7-16(11-22)9-17(8-15)12-22)23-20(25)13-27-21(26)5-4-18(24)19-3-2-6-28-19/h2-3,6,14-17H,4-5,7-13H2,1H3,(H,23,25)/t14-,15?,16?,17?,22?/m1/s1. The summed E-state index contributed by atoms with van der Waals surface area (Å²) in [6, 6.07) is 3.68. The molecule has 0 aromatic carbocycles. The molecule has 0 radical (unpaired) electrons. The van der Waals surface area contributed by atoms with Gasteiger partial charge < -0.3 is 10.1 Å². The molecule has 4 fully saturated rings. The molecule has 1 heterocycles. The van der Waals surface area contributed by atoms with Crippen molar-refractivity contribution in [1.82, 2.24) is 5.32 Å². The number of ether oxygens (including phenoxy) is 1. The average molecular weight is 404 g/mol. The van der Waals surface area contributed by atoms with Gasteiger partial charge in [-0.3, -0.25) is 14.4 Å². The molecule has 1 amide bonds.